The first kappa shape index (κ1) is 18.8. The minimum atomic E-state index is -0.0570. The number of aromatic nitrogens is 2. The Morgan fingerprint density at radius 2 is 1.97 bits per heavy atom. The Balaban J connectivity index is 1.52. The number of fused-ring (bicyclic) bond motifs is 3. The summed E-state index contributed by atoms with van der Waals surface area (Å²) in [5, 5.41) is 2.87. The number of carbonyl (C=O) groups is 1. The molecule has 0 saturated carbocycles. The minimum absolute atomic E-state index is 0.0513. The molecular formula is C20H20N4O3S2. The van der Waals surface area contributed by atoms with Gasteiger partial charge in [0.1, 0.15) is 10.2 Å². The van der Waals surface area contributed by atoms with Crippen LogP contribution in [0.25, 0.3) is 10.2 Å². The molecule has 1 amide bonds. The minimum Gasteiger partial charge on any atom is -0.379 e. The van der Waals surface area contributed by atoms with E-state index in [1.54, 1.807) is 10.9 Å². The van der Waals surface area contributed by atoms with Crippen LogP contribution in [0.3, 0.4) is 0 Å². The number of nitrogens with one attached hydrogen (secondary N) is 1. The van der Waals surface area contributed by atoms with Gasteiger partial charge in [0.2, 0.25) is 5.91 Å². The Labute approximate surface area is 175 Å². The van der Waals surface area contributed by atoms with Crippen molar-refractivity contribution >= 4 is 44.9 Å². The van der Waals surface area contributed by atoms with E-state index in [9.17, 15) is 9.59 Å². The quantitative estimate of drug-likeness (QED) is 0.688. The van der Waals surface area contributed by atoms with Crippen molar-refractivity contribution in [3.05, 3.63) is 52.6 Å². The van der Waals surface area contributed by atoms with Gasteiger partial charge < -0.3 is 10.1 Å². The van der Waals surface area contributed by atoms with Crippen molar-refractivity contribution in [1.82, 2.24) is 14.5 Å². The Morgan fingerprint density at radius 1 is 1.17 bits per heavy atom. The normalized spacial score (nSPS) is 18.4. The molecule has 5 rings (SSSR count). The molecular weight excluding hydrogens is 408 g/mol. The van der Waals surface area contributed by atoms with Crippen molar-refractivity contribution in [2.24, 2.45) is 0 Å². The molecule has 2 aliphatic heterocycles. The van der Waals surface area contributed by atoms with E-state index < -0.39 is 0 Å². The fourth-order valence-corrected chi connectivity index (χ4v) is 5.99. The van der Waals surface area contributed by atoms with Crippen LogP contribution in [0.4, 0.5) is 5.69 Å². The summed E-state index contributed by atoms with van der Waals surface area (Å²) in [6, 6.07) is 10.3. The van der Waals surface area contributed by atoms with Gasteiger partial charge in [0.25, 0.3) is 5.56 Å². The van der Waals surface area contributed by atoms with E-state index in [-0.39, 0.29) is 17.5 Å². The van der Waals surface area contributed by atoms with Crippen LogP contribution in [0.5, 0.6) is 0 Å². The SMILES string of the molecule is O=C1CSc2sc3c(=O)n(C[C@@H](c4ccccc4)N4CCOCC4)cnc3c2N1. The lowest BCUT2D eigenvalue weighted by Crippen LogP contribution is -2.41. The summed E-state index contributed by atoms with van der Waals surface area (Å²) in [5.74, 6) is 0.325. The average Bonchev–Trinajstić information content (AvgIpc) is 3.13. The van der Waals surface area contributed by atoms with Crippen molar-refractivity contribution in [3.8, 4) is 0 Å². The summed E-state index contributed by atoms with van der Waals surface area (Å²) in [6.07, 6.45) is 1.61. The predicted octanol–water partition coefficient (Wildman–Crippen LogP) is 2.58. The van der Waals surface area contributed by atoms with Crippen LogP contribution in [0.2, 0.25) is 0 Å². The van der Waals surface area contributed by atoms with Crippen molar-refractivity contribution in [2.45, 2.75) is 16.8 Å². The molecule has 1 saturated heterocycles. The molecule has 29 heavy (non-hydrogen) atoms. The number of amides is 1. The first-order valence-electron chi connectivity index (χ1n) is 9.52. The summed E-state index contributed by atoms with van der Waals surface area (Å²) in [4.78, 5) is 31.9. The van der Waals surface area contributed by atoms with Crippen LogP contribution >= 0.6 is 23.1 Å². The highest BCUT2D eigenvalue weighted by Gasteiger charge is 2.26. The van der Waals surface area contributed by atoms with E-state index in [4.69, 9.17) is 4.74 Å². The molecule has 0 bridgehead atoms. The van der Waals surface area contributed by atoms with E-state index in [1.165, 1.54) is 28.7 Å². The van der Waals surface area contributed by atoms with Gasteiger partial charge in [0.05, 0.1) is 41.2 Å². The van der Waals surface area contributed by atoms with Gasteiger partial charge in [-0.25, -0.2) is 4.98 Å². The third-order valence-electron chi connectivity index (χ3n) is 5.27. The van der Waals surface area contributed by atoms with Gasteiger partial charge in [-0.1, -0.05) is 30.3 Å². The van der Waals surface area contributed by atoms with Crippen LogP contribution in [0, 0.1) is 0 Å². The molecule has 2 aromatic heterocycles. The van der Waals surface area contributed by atoms with E-state index in [0.29, 0.717) is 41.4 Å². The number of anilines is 1. The molecule has 4 heterocycles. The average molecular weight is 429 g/mol. The molecule has 0 aliphatic carbocycles. The van der Waals surface area contributed by atoms with Crippen LogP contribution in [-0.2, 0) is 16.1 Å². The lowest BCUT2D eigenvalue weighted by Gasteiger charge is -2.35. The number of thioether (sulfide) groups is 1. The number of thiophene rings is 1. The number of morpholine rings is 1. The number of nitrogens with zero attached hydrogens (tertiary/aromatic N) is 3. The molecule has 1 N–H and O–H groups in total. The molecule has 1 aromatic carbocycles. The van der Waals surface area contributed by atoms with E-state index in [0.717, 1.165) is 17.3 Å². The molecule has 3 aromatic rings. The largest absolute Gasteiger partial charge is 0.379 e. The third-order valence-corrected chi connectivity index (χ3v) is 7.71. The lowest BCUT2D eigenvalue weighted by atomic mass is 10.0. The summed E-state index contributed by atoms with van der Waals surface area (Å²) in [5.41, 5.74) is 2.39. The first-order chi connectivity index (χ1) is 14.2. The molecule has 1 atom stereocenters. The van der Waals surface area contributed by atoms with Crippen molar-refractivity contribution in [1.29, 1.82) is 0 Å². The maximum absolute atomic E-state index is 13.2. The molecule has 9 heteroatoms. The highest BCUT2D eigenvalue weighted by atomic mass is 32.2. The van der Waals surface area contributed by atoms with Crippen molar-refractivity contribution in [3.63, 3.8) is 0 Å². The second kappa shape index (κ2) is 7.91. The molecule has 0 spiro atoms. The smallest absolute Gasteiger partial charge is 0.271 e. The highest BCUT2D eigenvalue weighted by molar-refractivity contribution is 8.02. The number of ether oxygens (including phenoxy) is 1. The van der Waals surface area contributed by atoms with Gasteiger partial charge in [-0.15, -0.1) is 23.1 Å². The van der Waals surface area contributed by atoms with Crippen molar-refractivity contribution < 1.29 is 9.53 Å². The number of carbonyl (C=O) groups excluding carboxylic acids is 1. The topological polar surface area (TPSA) is 76.5 Å². The molecule has 1 fully saturated rings. The van der Waals surface area contributed by atoms with Gasteiger partial charge >= 0.3 is 0 Å². The van der Waals surface area contributed by atoms with E-state index in [2.05, 4.69) is 27.3 Å². The number of hydrogen-bond donors (Lipinski definition) is 1. The molecule has 0 unspecified atom stereocenters. The monoisotopic (exact) mass is 428 g/mol. The van der Waals surface area contributed by atoms with Crippen LogP contribution in [-0.4, -0.2) is 52.4 Å². The maximum Gasteiger partial charge on any atom is 0.271 e. The summed E-state index contributed by atoms with van der Waals surface area (Å²) in [7, 11) is 0. The fourth-order valence-electron chi connectivity index (χ4n) is 3.81. The zero-order valence-electron chi connectivity index (χ0n) is 15.7. The first-order valence-corrected chi connectivity index (χ1v) is 11.3. The van der Waals surface area contributed by atoms with Gasteiger partial charge in [0, 0.05) is 19.6 Å². The van der Waals surface area contributed by atoms with Crippen LogP contribution < -0.4 is 10.9 Å². The zero-order chi connectivity index (χ0) is 19.8. The second-order valence-corrected chi connectivity index (χ2v) is 9.32. The van der Waals surface area contributed by atoms with Crippen LogP contribution in [0.15, 0.2) is 45.7 Å². The summed E-state index contributed by atoms with van der Waals surface area (Å²) in [6.45, 7) is 3.59. The summed E-state index contributed by atoms with van der Waals surface area (Å²) < 4.78 is 8.76. The number of rotatable bonds is 4. The van der Waals surface area contributed by atoms with Gasteiger partial charge in [-0.05, 0) is 5.56 Å². The molecule has 7 nitrogen and oxygen atoms in total. The number of hydrogen-bond acceptors (Lipinski definition) is 7. The molecule has 150 valence electrons. The second-order valence-electron chi connectivity index (χ2n) is 7.06. The third kappa shape index (κ3) is 3.59. The molecule has 2 aliphatic rings. The van der Waals surface area contributed by atoms with Gasteiger partial charge in [-0.3, -0.25) is 19.1 Å². The summed E-state index contributed by atoms with van der Waals surface area (Å²) >= 11 is 2.89. The Bertz CT molecular complexity index is 1110. The maximum atomic E-state index is 13.2. The van der Waals surface area contributed by atoms with Gasteiger partial charge in [0.15, 0.2) is 0 Å². The fraction of sp³-hybridized carbons (Fsp3) is 0.350. The lowest BCUT2D eigenvalue weighted by molar-refractivity contribution is -0.113. The Kier molecular flexibility index (Phi) is 5.13. The van der Waals surface area contributed by atoms with Gasteiger partial charge in [-0.2, -0.15) is 0 Å². The zero-order valence-corrected chi connectivity index (χ0v) is 17.3. The number of benzene rings is 1. The highest BCUT2D eigenvalue weighted by Crippen LogP contribution is 2.42. The standard InChI is InChI=1S/C20H20N4O3S2/c25-15-11-28-20-17(22-15)16-18(29-20)19(26)24(12-21-16)10-14(13-4-2-1-3-5-13)23-6-8-27-9-7-23/h1-5,12,14H,6-11H2,(H,22,25)/t14-/m0/s1. The van der Waals surface area contributed by atoms with Crippen LogP contribution in [0.1, 0.15) is 11.6 Å². The van der Waals surface area contributed by atoms with E-state index >= 15 is 0 Å². The Hall–Kier alpha value is -2.20. The predicted molar refractivity (Wildman–Crippen MR) is 115 cm³/mol. The molecule has 0 radical (unpaired) electrons. The Morgan fingerprint density at radius 3 is 2.76 bits per heavy atom. The van der Waals surface area contributed by atoms with E-state index in [1.807, 2.05) is 18.2 Å². The van der Waals surface area contributed by atoms with Crippen molar-refractivity contribution in [2.75, 3.05) is 37.4 Å².